The van der Waals surface area contributed by atoms with Gasteiger partial charge in [0, 0.05) is 51.3 Å². The standard InChI is InChI=1S/C45H67ClN4O11S/c1-26(2)17-19-47-36(51)25-62-43(6,7)18-16-37(52)49(9)29(5)41(54)60-35-23-38(53)50(10)31-21-30(22-32(57-11)39(31)46)20-27(3)14-13-15-34(58-12)45(56)24-33(59-42(55)48-45)28(4)40-44(35,8)61-40/h13-15,21-22,26,28-29,33-35,40,56H,16-20,23-25H2,1-12H3,(H,47,51)(H,48,55)/b15-13+,27-14+/t28-,29+,33+,34-,35+,40+,44-,45+/m1/s1. The van der Waals surface area contributed by atoms with E-state index in [1.807, 2.05) is 26.8 Å². The number of likely N-dealkylation sites (N-methyl/N-ethyl adjacent to an activating group) is 1. The Morgan fingerprint density at radius 2 is 1.89 bits per heavy atom. The second-order valence-electron chi connectivity index (χ2n) is 18.0. The molecule has 4 amide bonds. The fourth-order valence-corrected chi connectivity index (χ4v) is 8.87. The van der Waals surface area contributed by atoms with Gasteiger partial charge in [-0.1, -0.05) is 70.0 Å². The van der Waals surface area contributed by atoms with Crippen molar-refractivity contribution in [3.63, 3.8) is 0 Å². The van der Waals surface area contributed by atoms with Crippen molar-refractivity contribution in [3.05, 3.63) is 46.5 Å². The first-order valence-corrected chi connectivity index (χ1v) is 22.6. The number of benzene rings is 1. The number of hydrogen-bond acceptors (Lipinski definition) is 12. The van der Waals surface area contributed by atoms with E-state index in [1.165, 1.54) is 42.8 Å². The topological polar surface area (TPSA) is 186 Å². The van der Waals surface area contributed by atoms with Gasteiger partial charge in [0.2, 0.25) is 17.7 Å². The number of aliphatic hydroxyl groups is 1. The smallest absolute Gasteiger partial charge is 0.409 e. The van der Waals surface area contributed by atoms with Crippen LogP contribution in [-0.2, 0) is 44.5 Å². The number of esters is 1. The van der Waals surface area contributed by atoms with Gasteiger partial charge in [-0.2, -0.15) is 0 Å². The van der Waals surface area contributed by atoms with Crippen LogP contribution >= 0.6 is 23.4 Å². The molecule has 3 heterocycles. The summed E-state index contributed by atoms with van der Waals surface area (Å²) in [4.78, 5) is 69.9. The lowest BCUT2D eigenvalue weighted by Crippen LogP contribution is -2.63. The number of methoxy groups -OCH3 is 2. The molecule has 0 aromatic heterocycles. The fraction of sp³-hybridized carbons (Fsp3) is 0.667. The van der Waals surface area contributed by atoms with Crippen LogP contribution in [-0.4, -0.2) is 127 Å². The Labute approximate surface area is 375 Å². The van der Waals surface area contributed by atoms with Gasteiger partial charge in [-0.15, -0.1) is 11.8 Å². The van der Waals surface area contributed by atoms with Gasteiger partial charge in [0.1, 0.15) is 40.7 Å². The molecule has 8 atom stereocenters. The second kappa shape index (κ2) is 21.2. The molecule has 3 N–H and O–H groups in total. The Hall–Kier alpha value is -3.83. The van der Waals surface area contributed by atoms with E-state index in [0.29, 0.717) is 36.7 Å². The fourth-order valence-electron chi connectivity index (χ4n) is 7.69. The summed E-state index contributed by atoms with van der Waals surface area (Å²) in [6.07, 6.45) is 2.23. The molecular formula is C45H67ClN4O11S. The lowest BCUT2D eigenvalue weighted by molar-refractivity contribution is -0.162. The highest BCUT2D eigenvalue weighted by Crippen LogP contribution is 2.49. The number of amides is 4. The van der Waals surface area contributed by atoms with E-state index >= 15 is 0 Å². The number of rotatable bonds is 14. The number of nitrogens with zero attached hydrogens (tertiary/aromatic N) is 2. The Morgan fingerprint density at radius 3 is 2.53 bits per heavy atom. The van der Waals surface area contributed by atoms with Crippen LogP contribution in [0.25, 0.3) is 0 Å². The highest BCUT2D eigenvalue weighted by Gasteiger charge is 2.64. The normalized spacial score (nSPS) is 28.7. The van der Waals surface area contributed by atoms with E-state index in [2.05, 4.69) is 24.5 Å². The molecule has 1 aromatic carbocycles. The third kappa shape index (κ3) is 12.9. The molecule has 0 spiro atoms. The number of thioether (sulfide) groups is 1. The number of carbonyl (C=O) groups is 5. The average molecular weight is 908 g/mol. The lowest BCUT2D eigenvalue weighted by atomic mass is 9.83. The molecule has 3 aliphatic heterocycles. The van der Waals surface area contributed by atoms with Crippen LogP contribution in [0.3, 0.4) is 0 Å². The quantitative estimate of drug-likeness (QED) is 0.147. The number of ether oxygens (including phenoxy) is 5. The van der Waals surface area contributed by atoms with Gasteiger partial charge in [-0.25, -0.2) is 9.59 Å². The van der Waals surface area contributed by atoms with E-state index in [4.69, 9.17) is 35.3 Å². The van der Waals surface area contributed by atoms with E-state index < -0.39 is 70.4 Å². The Balaban J connectivity index is 1.59. The van der Waals surface area contributed by atoms with Gasteiger partial charge in [0.05, 0.1) is 31.1 Å². The molecule has 2 fully saturated rings. The molecule has 17 heteroatoms. The molecule has 62 heavy (non-hydrogen) atoms. The molecule has 0 radical (unpaired) electrons. The SMILES string of the molecule is COc1cc2cc(c1Cl)N(C)C(=O)C[C@H](OC(=O)[C@H](C)N(C)C(=O)CCC(C)(C)SCC(=O)NCCC(C)C)[C@@]1(C)O[C@H]1[C@H](C)[C@@H]1C[C@@](O)(NC(=O)O1)[C@H](OC)/C=C/C=C(\C)C2. The third-order valence-electron chi connectivity index (χ3n) is 12.1. The maximum absolute atomic E-state index is 14.3. The largest absolute Gasteiger partial charge is 0.495 e. The van der Waals surface area contributed by atoms with Gasteiger partial charge in [-0.3, -0.25) is 19.7 Å². The zero-order valence-corrected chi connectivity index (χ0v) is 39.9. The van der Waals surface area contributed by atoms with Crippen molar-refractivity contribution in [2.24, 2.45) is 11.8 Å². The van der Waals surface area contributed by atoms with E-state index in [0.717, 1.165) is 17.6 Å². The van der Waals surface area contributed by atoms with Crippen molar-refractivity contribution in [1.82, 2.24) is 15.5 Å². The molecule has 0 aliphatic carbocycles. The summed E-state index contributed by atoms with van der Waals surface area (Å²) in [6.45, 7) is 15.8. The summed E-state index contributed by atoms with van der Waals surface area (Å²) >= 11 is 8.27. The number of fused-ring (bicyclic) bond motifs is 5. The lowest BCUT2D eigenvalue weighted by Gasteiger charge is -2.42. The van der Waals surface area contributed by atoms with Gasteiger partial charge in [-0.05, 0) is 63.6 Å². The number of carbonyl (C=O) groups excluding carboxylic acids is 5. The van der Waals surface area contributed by atoms with Crippen molar-refractivity contribution in [2.75, 3.05) is 45.5 Å². The summed E-state index contributed by atoms with van der Waals surface area (Å²) in [7, 11) is 6.01. The molecule has 2 saturated heterocycles. The summed E-state index contributed by atoms with van der Waals surface area (Å²) in [5, 5.41) is 17.5. The highest BCUT2D eigenvalue weighted by molar-refractivity contribution is 8.01. The molecule has 1 aromatic rings. The van der Waals surface area contributed by atoms with Gasteiger partial charge >= 0.3 is 12.1 Å². The van der Waals surface area contributed by atoms with Crippen LogP contribution in [0.4, 0.5) is 10.5 Å². The minimum Gasteiger partial charge on any atom is -0.495 e. The highest BCUT2D eigenvalue weighted by atomic mass is 35.5. The minimum atomic E-state index is -1.85. The monoisotopic (exact) mass is 906 g/mol. The summed E-state index contributed by atoms with van der Waals surface area (Å²) in [6, 6.07) is 2.54. The van der Waals surface area contributed by atoms with Crippen molar-refractivity contribution in [3.8, 4) is 5.75 Å². The molecule has 4 rings (SSSR count). The first-order valence-electron chi connectivity index (χ1n) is 21.2. The van der Waals surface area contributed by atoms with E-state index in [1.54, 1.807) is 52.1 Å². The number of anilines is 1. The third-order valence-corrected chi connectivity index (χ3v) is 13.9. The number of epoxide rings is 1. The maximum atomic E-state index is 14.3. The number of nitrogens with one attached hydrogen (secondary N) is 2. The molecule has 15 nitrogen and oxygen atoms in total. The van der Waals surface area contributed by atoms with Gasteiger partial charge < -0.3 is 43.9 Å². The number of allylic oxidation sites excluding steroid dienone is 3. The number of halogens is 1. The molecule has 4 bridgehead atoms. The maximum Gasteiger partial charge on any atom is 0.409 e. The summed E-state index contributed by atoms with van der Waals surface area (Å²) in [5.41, 5.74) is -1.01. The van der Waals surface area contributed by atoms with E-state index in [9.17, 15) is 29.1 Å². The number of hydrogen-bond donors (Lipinski definition) is 3. The summed E-state index contributed by atoms with van der Waals surface area (Å²) in [5.74, 6) is -0.990. The first-order chi connectivity index (χ1) is 28.9. The van der Waals surface area contributed by atoms with Crippen LogP contribution in [0.1, 0.15) is 93.1 Å². The summed E-state index contributed by atoms with van der Waals surface area (Å²) < 4.78 is 29.0. The van der Waals surface area contributed by atoms with E-state index in [-0.39, 0.29) is 41.9 Å². The van der Waals surface area contributed by atoms with Gasteiger partial charge in [0.15, 0.2) is 5.72 Å². The van der Waals surface area contributed by atoms with Crippen LogP contribution in [0.2, 0.25) is 5.02 Å². The second-order valence-corrected chi connectivity index (χ2v) is 20.0. The molecule has 3 aliphatic rings. The minimum absolute atomic E-state index is 0.0533. The van der Waals surface area contributed by atoms with Crippen LogP contribution in [0.15, 0.2) is 35.9 Å². The van der Waals surface area contributed by atoms with Crippen molar-refractivity contribution in [2.45, 2.75) is 140 Å². The predicted octanol–water partition coefficient (Wildman–Crippen LogP) is 5.97. The van der Waals surface area contributed by atoms with Crippen molar-refractivity contribution < 1.29 is 52.8 Å². The first kappa shape index (κ1) is 50.8. The average Bonchev–Trinajstić information content (AvgIpc) is 3.90. The zero-order valence-electron chi connectivity index (χ0n) is 38.3. The number of alkyl carbamates (subject to hydrolysis) is 1. The molecule has 0 unspecified atom stereocenters. The van der Waals surface area contributed by atoms with Crippen LogP contribution < -0.4 is 20.3 Å². The van der Waals surface area contributed by atoms with Crippen molar-refractivity contribution in [1.29, 1.82) is 0 Å². The molecule has 346 valence electrons. The van der Waals surface area contributed by atoms with Crippen LogP contribution in [0, 0.1) is 11.8 Å². The Kier molecular flexibility index (Phi) is 17.4. The molecule has 0 saturated carbocycles. The van der Waals surface area contributed by atoms with Crippen LogP contribution in [0.5, 0.6) is 5.75 Å². The molecular weight excluding hydrogens is 840 g/mol. The predicted molar refractivity (Wildman–Crippen MR) is 239 cm³/mol. The van der Waals surface area contributed by atoms with Gasteiger partial charge in [0.25, 0.3) is 0 Å². The zero-order chi connectivity index (χ0) is 46.3. The Bertz CT molecular complexity index is 1880. The van der Waals surface area contributed by atoms with Crippen molar-refractivity contribution >= 4 is 58.8 Å². The Morgan fingerprint density at radius 1 is 1.19 bits per heavy atom.